The van der Waals surface area contributed by atoms with Crippen LogP contribution < -0.4 is 10.6 Å². The summed E-state index contributed by atoms with van der Waals surface area (Å²) in [5, 5.41) is 13.6. The Morgan fingerprint density at radius 3 is 2.78 bits per heavy atom. The molecule has 0 unspecified atom stereocenters. The van der Waals surface area contributed by atoms with Crippen LogP contribution in [0.25, 0.3) is 0 Å². The zero-order valence-electron chi connectivity index (χ0n) is 14.5. The van der Waals surface area contributed by atoms with Gasteiger partial charge in [0.2, 0.25) is 0 Å². The van der Waals surface area contributed by atoms with Crippen molar-refractivity contribution < 1.29 is 9.59 Å². The Morgan fingerprint density at radius 2 is 2.00 bits per heavy atom. The highest BCUT2D eigenvalue weighted by atomic mass is 16.2. The fourth-order valence-corrected chi connectivity index (χ4v) is 3.07. The summed E-state index contributed by atoms with van der Waals surface area (Å²) in [7, 11) is 0. The van der Waals surface area contributed by atoms with E-state index in [1.165, 1.54) is 4.68 Å². The average Bonchev–Trinajstić information content (AvgIpc) is 3.14. The number of fused-ring (bicyclic) bond motifs is 1. The van der Waals surface area contributed by atoms with E-state index < -0.39 is 5.91 Å². The van der Waals surface area contributed by atoms with Crippen LogP contribution >= 0.6 is 0 Å². The van der Waals surface area contributed by atoms with Gasteiger partial charge in [-0.25, -0.2) is 4.68 Å². The molecule has 1 aliphatic heterocycles. The summed E-state index contributed by atoms with van der Waals surface area (Å²) in [6.07, 6.45) is 2.30. The van der Waals surface area contributed by atoms with Gasteiger partial charge in [-0.3, -0.25) is 14.6 Å². The van der Waals surface area contributed by atoms with Crippen molar-refractivity contribution in [3.63, 3.8) is 0 Å². The van der Waals surface area contributed by atoms with Crippen LogP contribution in [-0.2, 0) is 13.0 Å². The van der Waals surface area contributed by atoms with Crippen LogP contribution in [0, 0.1) is 0 Å². The fraction of sp³-hybridized carbons (Fsp3) is 0.211. The lowest BCUT2D eigenvalue weighted by Gasteiger charge is -2.24. The predicted octanol–water partition coefficient (Wildman–Crippen LogP) is 1.13. The third-order valence-electron chi connectivity index (χ3n) is 4.42. The molecule has 3 aromatic rings. The van der Waals surface area contributed by atoms with Crippen molar-refractivity contribution in [3.05, 3.63) is 77.4 Å². The average molecular weight is 362 g/mol. The van der Waals surface area contributed by atoms with Gasteiger partial charge in [-0.15, -0.1) is 5.10 Å². The van der Waals surface area contributed by atoms with E-state index in [0.717, 1.165) is 11.3 Å². The van der Waals surface area contributed by atoms with E-state index in [4.69, 9.17) is 0 Å². The van der Waals surface area contributed by atoms with Gasteiger partial charge in [-0.1, -0.05) is 41.6 Å². The summed E-state index contributed by atoms with van der Waals surface area (Å²) in [5.74, 6) is -0.768. The summed E-state index contributed by atoms with van der Waals surface area (Å²) in [4.78, 5) is 29.2. The highest BCUT2D eigenvalue weighted by molar-refractivity contribution is 6.05. The van der Waals surface area contributed by atoms with Gasteiger partial charge in [0.25, 0.3) is 11.8 Å². The van der Waals surface area contributed by atoms with Crippen molar-refractivity contribution in [2.75, 3.05) is 6.54 Å². The van der Waals surface area contributed by atoms with Gasteiger partial charge in [0.1, 0.15) is 0 Å². The van der Waals surface area contributed by atoms with Gasteiger partial charge in [0.05, 0.1) is 12.6 Å². The monoisotopic (exact) mass is 362 g/mol. The second kappa shape index (κ2) is 7.36. The molecule has 27 heavy (non-hydrogen) atoms. The van der Waals surface area contributed by atoms with Gasteiger partial charge < -0.3 is 10.6 Å². The fourth-order valence-electron chi connectivity index (χ4n) is 3.07. The van der Waals surface area contributed by atoms with Gasteiger partial charge >= 0.3 is 0 Å². The quantitative estimate of drug-likeness (QED) is 0.708. The van der Waals surface area contributed by atoms with Crippen LogP contribution in [0.1, 0.15) is 38.3 Å². The summed E-state index contributed by atoms with van der Waals surface area (Å²) in [5.41, 5.74) is 2.09. The first-order valence-electron chi connectivity index (χ1n) is 8.70. The minimum absolute atomic E-state index is 0.0417. The second-order valence-electron chi connectivity index (χ2n) is 6.23. The Kier molecular flexibility index (Phi) is 4.61. The number of hydrogen-bond acceptors (Lipinski definition) is 5. The number of nitrogens with one attached hydrogen (secondary N) is 2. The van der Waals surface area contributed by atoms with Gasteiger partial charge in [0, 0.05) is 24.9 Å². The molecule has 1 aliphatic rings. The summed E-state index contributed by atoms with van der Waals surface area (Å²) >= 11 is 0. The lowest BCUT2D eigenvalue weighted by molar-refractivity contribution is 0.0876. The summed E-state index contributed by atoms with van der Waals surface area (Å²) in [6.45, 7) is 0.829. The normalized spacial score (nSPS) is 15.7. The molecule has 2 aromatic heterocycles. The van der Waals surface area contributed by atoms with E-state index in [2.05, 4.69) is 25.9 Å². The van der Waals surface area contributed by atoms with E-state index in [9.17, 15) is 9.59 Å². The first kappa shape index (κ1) is 16.9. The second-order valence-corrected chi connectivity index (χ2v) is 6.23. The first-order chi connectivity index (χ1) is 13.2. The smallest absolute Gasteiger partial charge is 0.274 e. The number of hydrogen-bond donors (Lipinski definition) is 2. The molecule has 0 radical (unpaired) electrons. The number of carbonyl (C=O) groups is 2. The van der Waals surface area contributed by atoms with Crippen molar-refractivity contribution in [1.29, 1.82) is 0 Å². The topological polar surface area (TPSA) is 102 Å². The molecule has 0 aliphatic carbocycles. The maximum absolute atomic E-state index is 12.5. The summed E-state index contributed by atoms with van der Waals surface area (Å²) in [6, 6.07) is 15.1. The minimum Gasteiger partial charge on any atom is -0.350 e. The van der Waals surface area contributed by atoms with Crippen molar-refractivity contribution in [1.82, 2.24) is 30.6 Å². The lowest BCUT2D eigenvalue weighted by Crippen LogP contribution is -2.40. The number of rotatable bonds is 5. The van der Waals surface area contributed by atoms with E-state index in [-0.39, 0.29) is 23.3 Å². The Hall–Kier alpha value is -3.55. The maximum atomic E-state index is 12.5. The number of pyridine rings is 1. The van der Waals surface area contributed by atoms with Gasteiger partial charge in [-0.05, 0) is 17.7 Å². The molecule has 0 spiro atoms. The Balaban J connectivity index is 1.45. The SMILES string of the molecule is O=C(NCCc1ccccn1)c1nnn2c1C(=O)N[C@@H](c1ccccc1)C2. The van der Waals surface area contributed by atoms with Crippen molar-refractivity contribution in [2.24, 2.45) is 0 Å². The first-order valence-corrected chi connectivity index (χ1v) is 8.70. The number of amides is 2. The van der Waals surface area contributed by atoms with E-state index in [1.807, 2.05) is 48.5 Å². The van der Waals surface area contributed by atoms with Crippen molar-refractivity contribution in [3.8, 4) is 0 Å². The molecule has 0 saturated heterocycles. The summed E-state index contributed by atoms with van der Waals surface area (Å²) < 4.78 is 1.49. The molecule has 8 heteroatoms. The Bertz CT molecular complexity index is 955. The number of carbonyl (C=O) groups excluding carboxylic acids is 2. The molecule has 0 fully saturated rings. The maximum Gasteiger partial charge on any atom is 0.274 e. The van der Waals surface area contributed by atoms with E-state index in [0.29, 0.717) is 19.5 Å². The molecule has 1 aromatic carbocycles. The molecule has 3 heterocycles. The lowest BCUT2D eigenvalue weighted by atomic mass is 10.0. The van der Waals surface area contributed by atoms with Crippen molar-refractivity contribution >= 4 is 11.8 Å². The molecule has 8 nitrogen and oxygen atoms in total. The van der Waals surface area contributed by atoms with Crippen LogP contribution in [0.5, 0.6) is 0 Å². The molecule has 0 bridgehead atoms. The van der Waals surface area contributed by atoms with Crippen LogP contribution in [0.2, 0.25) is 0 Å². The third kappa shape index (κ3) is 3.55. The predicted molar refractivity (Wildman–Crippen MR) is 96.9 cm³/mol. The standard InChI is InChI=1S/C19H18N6O2/c26-18(21-11-9-14-8-4-5-10-20-14)16-17-19(27)22-15(12-25(17)24-23-16)13-6-2-1-3-7-13/h1-8,10,15H,9,11-12H2,(H,21,26)(H,22,27)/t15-/m1/s1. The third-order valence-corrected chi connectivity index (χ3v) is 4.42. The van der Waals surface area contributed by atoms with Crippen LogP contribution in [0.15, 0.2) is 54.7 Å². The van der Waals surface area contributed by atoms with Crippen LogP contribution in [0.4, 0.5) is 0 Å². The number of nitrogens with zero attached hydrogens (tertiary/aromatic N) is 4. The molecular weight excluding hydrogens is 344 g/mol. The number of benzene rings is 1. The highest BCUT2D eigenvalue weighted by Crippen LogP contribution is 2.21. The molecule has 0 saturated carbocycles. The molecule has 136 valence electrons. The molecule has 2 amide bonds. The zero-order valence-corrected chi connectivity index (χ0v) is 14.5. The molecule has 4 rings (SSSR count). The van der Waals surface area contributed by atoms with Gasteiger partial charge in [-0.2, -0.15) is 0 Å². The Morgan fingerprint density at radius 1 is 1.19 bits per heavy atom. The van der Waals surface area contributed by atoms with E-state index >= 15 is 0 Å². The number of aromatic nitrogens is 4. The van der Waals surface area contributed by atoms with Crippen LogP contribution in [-0.4, -0.2) is 38.3 Å². The molecule has 2 N–H and O–H groups in total. The Labute approximate surface area is 155 Å². The molecular formula is C19H18N6O2. The zero-order chi connectivity index (χ0) is 18.6. The largest absolute Gasteiger partial charge is 0.350 e. The highest BCUT2D eigenvalue weighted by Gasteiger charge is 2.32. The molecule has 1 atom stereocenters. The van der Waals surface area contributed by atoms with Gasteiger partial charge in [0.15, 0.2) is 11.4 Å². The van der Waals surface area contributed by atoms with Crippen molar-refractivity contribution in [2.45, 2.75) is 19.0 Å². The minimum atomic E-state index is -0.416. The van der Waals surface area contributed by atoms with E-state index in [1.54, 1.807) is 6.20 Å². The van der Waals surface area contributed by atoms with Crippen LogP contribution in [0.3, 0.4) is 0 Å².